The van der Waals surface area contributed by atoms with Gasteiger partial charge >= 0.3 is 0 Å². The zero-order valence-electron chi connectivity index (χ0n) is 21.2. The van der Waals surface area contributed by atoms with E-state index in [4.69, 9.17) is 14.2 Å². The third kappa shape index (κ3) is 4.62. The number of rotatable bonds is 5. The van der Waals surface area contributed by atoms with Crippen LogP contribution in [-0.2, 0) is 0 Å². The van der Waals surface area contributed by atoms with E-state index in [2.05, 4.69) is 53.1 Å². The number of carbonyl (C=O) groups excluding carboxylic acids is 1. The van der Waals surface area contributed by atoms with E-state index in [1.54, 1.807) is 14.2 Å². The van der Waals surface area contributed by atoms with E-state index in [1.165, 1.54) is 5.69 Å². The number of fused-ring (bicyclic) bond motifs is 1. The highest BCUT2D eigenvalue weighted by Crippen LogP contribution is 2.50. The lowest BCUT2D eigenvalue weighted by atomic mass is 9.86. The van der Waals surface area contributed by atoms with Crippen LogP contribution in [0, 0.1) is 0 Å². The maximum atomic E-state index is 13.5. The van der Waals surface area contributed by atoms with Crippen LogP contribution < -0.4 is 19.1 Å². The molecule has 35 heavy (non-hydrogen) atoms. The molecule has 3 aliphatic heterocycles. The minimum atomic E-state index is -0.142. The average Bonchev–Trinajstić information content (AvgIpc) is 3.20. The van der Waals surface area contributed by atoms with Crippen molar-refractivity contribution in [2.24, 2.45) is 0 Å². The summed E-state index contributed by atoms with van der Waals surface area (Å²) < 4.78 is 17.6. The summed E-state index contributed by atoms with van der Waals surface area (Å²) in [5, 5.41) is 0. The standard InChI is InChI=1S/C28H35N3O4/c1-29-11-9-20(10-12-29)25-22(33-3)18-23(34-4)26-27(32)24(35-28(25)26)17-19-5-7-21(8-6-19)31-15-13-30(2)14-16-31/h5-8,17-18,20H,9-16H2,1-4H3/b24-17-. The number of benzene rings is 2. The number of likely N-dealkylation sites (tertiary alicyclic amines) is 1. The number of nitrogens with zero attached hydrogens (tertiary/aromatic N) is 3. The van der Waals surface area contributed by atoms with Gasteiger partial charge in [0.15, 0.2) is 5.76 Å². The number of likely N-dealkylation sites (N-methyl/N-ethyl adjacent to an activating group) is 1. The number of hydrogen-bond donors (Lipinski definition) is 0. The predicted octanol–water partition coefficient (Wildman–Crippen LogP) is 3.88. The highest BCUT2D eigenvalue weighted by molar-refractivity contribution is 6.16. The summed E-state index contributed by atoms with van der Waals surface area (Å²) in [5.74, 6) is 2.27. The van der Waals surface area contributed by atoms with Crippen molar-refractivity contribution in [2.75, 3.05) is 72.5 Å². The number of allylic oxidation sites excluding steroid dienone is 1. The van der Waals surface area contributed by atoms with Gasteiger partial charge in [-0.15, -0.1) is 0 Å². The van der Waals surface area contributed by atoms with E-state index >= 15 is 0 Å². The van der Waals surface area contributed by atoms with Crippen LogP contribution in [-0.4, -0.2) is 83.2 Å². The zero-order chi connectivity index (χ0) is 24.5. The molecule has 0 N–H and O–H groups in total. The highest BCUT2D eigenvalue weighted by Gasteiger charge is 2.38. The fourth-order valence-corrected chi connectivity index (χ4v) is 5.33. The molecule has 0 radical (unpaired) electrons. The van der Waals surface area contributed by atoms with Crippen LogP contribution in [0.2, 0.25) is 0 Å². The van der Waals surface area contributed by atoms with Gasteiger partial charge in [0.05, 0.1) is 14.2 Å². The topological polar surface area (TPSA) is 54.5 Å². The van der Waals surface area contributed by atoms with Gasteiger partial charge in [0.2, 0.25) is 5.78 Å². The Morgan fingerprint density at radius 3 is 2.14 bits per heavy atom. The number of methoxy groups -OCH3 is 2. The molecule has 0 saturated carbocycles. The Bertz CT molecular complexity index is 1110. The molecule has 0 aliphatic carbocycles. The molecule has 3 heterocycles. The summed E-state index contributed by atoms with van der Waals surface area (Å²) in [5.41, 5.74) is 3.63. The second-order valence-corrected chi connectivity index (χ2v) is 9.80. The smallest absolute Gasteiger partial charge is 0.235 e. The van der Waals surface area contributed by atoms with Gasteiger partial charge < -0.3 is 28.9 Å². The SMILES string of the molecule is COc1cc(OC)c(C2CCN(C)CC2)c2c1C(=O)/C(=C/c1ccc(N3CCN(C)CC3)cc1)O2. The van der Waals surface area contributed by atoms with Crippen LogP contribution in [0.5, 0.6) is 17.2 Å². The van der Waals surface area contributed by atoms with Gasteiger partial charge in [-0.2, -0.15) is 0 Å². The minimum absolute atomic E-state index is 0.142. The lowest BCUT2D eigenvalue weighted by molar-refractivity contribution is 0.101. The fourth-order valence-electron chi connectivity index (χ4n) is 5.33. The summed E-state index contributed by atoms with van der Waals surface area (Å²) in [6.45, 7) is 6.19. The average molecular weight is 478 g/mol. The Hall–Kier alpha value is -3.03. The molecule has 7 nitrogen and oxygen atoms in total. The van der Waals surface area contributed by atoms with Crippen molar-refractivity contribution in [1.29, 1.82) is 0 Å². The van der Waals surface area contributed by atoms with Gasteiger partial charge in [0.25, 0.3) is 0 Å². The van der Waals surface area contributed by atoms with Gasteiger partial charge in [-0.1, -0.05) is 12.1 Å². The number of Topliss-reactive ketones (excluding diaryl/α,β-unsaturated/α-hetero) is 1. The van der Waals surface area contributed by atoms with E-state index in [9.17, 15) is 4.79 Å². The lowest BCUT2D eigenvalue weighted by Gasteiger charge is -2.34. The molecule has 2 aromatic carbocycles. The maximum Gasteiger partial charge on any atom is 0.235 e. The molecule has 7 heteroatoms. The first-order valence-corrected chi connectivity index (χ1v) is 12.4. The molecule has 2 aromatic rings. The summed E-state index contributed by atoms with van der Waals surface area (Å²) in [6.07, 6.45) is 3.83. The summed E-state index contributed by atoms with van der Waals surface area (Å²) in [4.78, 5) is 20.6. The fraction of sp³-hybridized carbons (Fsp3) is 0.464. The first kappa shape index (κ1) is 23.7. The van der Waals surface area contributed by atoms with Crippen molar-refractivity contribution in [2.45, 2.75) is 18.8 Å². The highest BCUT2D eigenvalue weighted by atomic mass is 16.5. The molecule has 3 aliphatic rings. The quantitative estimate of drug-likeness (QED) is 0.606. The molecule has 0 spiro atoms. The Morgan fingerprint density at radius 1 is 0.886 bits per heavy atom. The second-order valence-electron chi connectivity index (χ2n) is 9.80. The first-order valence-electron chi connectivity index (χ1n) is 12.4. The minimum Gasteiger partial charge on any atom is -0.496 e. The van der Waals surface area contributed by atoms with Crippen molar-refractivity contribution >= 4 is 17.5 Å². The molecule has 2 fully saturated rings. The number of anilines is 1. The second kappa shape index (κ2) is 9.91. The lowest BCUT2D eigenvalue weighted by Crippen LogP contribution is -2.44. The van der Waals surface area contributed by atoms with Crippen molar-refractivity contribution in [1.82, 2.24) is 9.80 Å². The van der Waals surface area contributed by atoms with Gasteiger partial charge in [-0.25, -0.2) is 0 Å². The van der Waals surface area contributed by atoms with Crippen LogP contribution in [0.15, 0.2) is 36.1 Å². The number of hydrogen-bond acceptors (Lipinski definition) is 7. The van der Waals surface area contributed by atoms with Crippen LogP contribution >= 0.6 is 0 Å². The summed E-state index contributed by atoms with van der Waals surface area (Å²) in [7, 11) is 7.54. The maximum absolute atomic E-state index is 13.5. The molecule has 5 rings (SSSR count). The number of ether oxygens (including phenoxy) is 3. The van der Waals surface area contributed by atoms with Crippen molar-refractivity contribution in [3.8, 4) is 17.2 Å². The zero-order valence-corrected chi connectivity index (χ0v) is 21.2. The first-order chi connectivity index (χ1) is 17.0. The number of piperidine rings is 1. The molecule has 0 unspecified atom stereocenters. The van der Waals surface area contributed by atoms with Crippen molar-refractivity contribution < 1.29 is 19.0 Å². The summed E-state index contributed by atoms with van der Waals surface area (Å²) in [6, 6.07) is 10.2. The van der Waals surface area contributed by atoms with Crippen LogP contribution in [0.4, 0.5) is 5.69 Å². The monoisotopic (exact) mass is 477 g/mol. The van der Waals surface area contributed by atoms with Crippen molar-refractivity contribution in [3.05, 3.63) is 52.8 Å². The normalized spacial score (nSPS) is 20.7. The van der Waals surface area contributed by atoms with E-state index in [1.807, 2.05) is 12.1 Å². The van der Waals surface area contributed by atoms with Crippen LogP contribution in [0.25, 0.3) is 6.08 Å². The molecule has 0 atom stereocenters. The van der Waals surface area contributed by atoms with Gasteiger partial charge in [0, 0.05) is 43.5 Å². The van der Waals surface area contributed by atoms with Crippen LogP contribution in [0.3, 0.4) is 0 Å². The number of ketones is 1. The van der Waals surface area contributed by atoms with Crippen LogP contribution in [0.1, 0.15) is 40.2 Å². The summed E-state index contributed by atoms with van der Waals surface area (Å²) >= 11 is 0. The molecule has 0 aromatic heterocycles. The Morgan fingerprint density at radius 2 is 1.51 bits per heavy atom. The van der Waals surface area contributed by atoms with Gasteiger partial charge in [0.1, 0.15) is 22.8 Å². The van der Waals surface area contributed by atoms with E-state index in [0.29, 0.717) is 22.8 Å². The number of piperazine rings is 1. The third-order valence-electron chi connectivity index (χ3n) is 7.53. The Labute approximate surface area is 207 Å². The third-order valence-corrected chi connectivity index (χ3v) is 7.53. The number of carbonyl (C=O) groups is 1. The van der Waals surface area contributed by atoms with E-state index in [-0.39, 0.29) is 11.7 Å². The van der Waals surface area contributed by atoms with E-state index < -0.39 is 0 Å². The molecular formula is C28H35N3O4. The Balaban J connectivity index is 1.44. The Kier molecular flexibility index (Phi) is 6.71. The van der Waals surface area contributed by atoms with E-state index in [0.717, 1.165) is 69.0 Å². The largest absolute Gasteiger partial charge is 0.496 e. The molecule has 186 valence electrons. The molecular weight excluding hydrogens is 442 g/mol. The predicted molar refractivity (Wildman–Crippen MR) is 138 cm³/mol. The molecule has 0 amide bonds. The van der Waals surface area contributed by atoms with Crippen molar-refractivity contribution in [3.63, 3.8) is 0 Å². The van der Waals surface area contributed by atoms with Gasteiger partial charge in [-0.05, 0) is 69.7 Å². The van der Waals surface area contributed by atoms with Gasteiger partial charge in [-0.3, -0.25) is 4.79 Å². The molecule has 2 saturated heterocycles. The molecule has 0 bridgehead atoms.